The smallest absolute Gasteiger partial charge is 0.228 e. The quantitative estimate of drug-likeness (QED) is 0.197. The number of carbonyl (C=O) groups is 2. The molecule has 0 aliphatic rings. The molecule has 146 valence electrons. The molecule has 0 saturated carbocycles. The van der Waals surface area contributed by atoms with E-state index in [0.717, 1.165) is 12.8 Å². The van der Waals surface area contributed by atoms with Gasteiger partial charge in [-0.2, -0.15) is 0 Å². The van der Waals surface area contributed by atoms with Gasteiger partial charge in [-0.1, -0.05) is 104 Å². The SMILES string of the molecule is CCCCO/C(C(=O)c1ccccc1)=C(/C(=O)c1ccccc1)c1ccccc1. The van der Waals surface area contributed by atoms with Gasteiger partial charge in [0.15, 0.2) is 11.5 Å². The molecule has 3 nitrogen and oxygen atoms in total. The molecule has 0 aliphatic carbocycles. The summed E-state index contributed by atoms with van der Waals surface area (Å²) in [6, 6.07) is 27.2. The second kappa shape index (κ2) is 10.2. The zero-order valence-electron chi connectivity index (χ0n) is 16.5. The van der Waals surface area contributed by atoms with Gasteiger partial charge in [-0.05, 0) is 12.0 Å². The number of ketones is 2. The van der Waals surface area contributed by atoms with Crippen molar-refractivity contribution in [1.82, 2.24) is 0 Å². The lowest BCUT2D eigenvalue weighted by Gasteiger charge is -2.16. The van der Waals surface area contributed by atoms with E-state index in [1.807, 2.05) is 54.6 Å². The van der Waals surface area contributed by atoms with Gasteiger partial charge in [-0.25, -0.2) is 0 Å². The predicted molar refractivity (Wildman–Crippen MR) is 116 cm³/mol. The van der Waals surface area contributed by atoms with Gasteiger partial charge in [-0.15, -0.1) is 0 Å². The molecule has 0 spiro atoms. The van der Waals surface area contributed by atoms with Crippen LogP contribution in [-0.2, 0) is 4.74 Å². The molecule has 0 aromatic heterocycles. The minimum absolute atomic E-state index is 0.102. The number of Topliss-reactive ketones (excluding diaryl/α,β-unsaturated/α-hetero) is 2. The van der Waals surface area contributed by atoms with Gasteiger partial charge in [0.2, 0.25) is 5.78 Å². The van der Waals surface area contributed by atoms with Crippen molar-refractivity contribution in [2.45, 2.75) is 19.8 Å². The summed E-state index contributed by atoms with van der Waals surface area (Å²) < 4.78 is 5.97. The molecule has 0 amide bonds. The van der Waals surface area contributed by atoms with Crippen molar-refractivity contribution < 1.29 is 14.3 Å². The fourth-order valence-corrected chi connectivity index (χ4v) is 2.99. The molecule has 0 unspecified atom stereocenters. The van der Waals surface area contributed by atoms with E-state index in [4.69, 9.17) is 4.74 Å². The van der Waals surface area contributed by atoms with E-state index in [0.29, 0.717) is 28.9 Å². The molecule has 0 heterocycles. The van der Waals surface area contributed by atoms with Crippen molar-refractivity contribution >= 4 is 17.1 Å². The summed E-state index contributed by atoms with van der Waals surface area (Å²) in [6.07, 6.45) is 1.73. The van der Waals surface area contributed by atoms with Crippen LogP contribution >= 0.6 is 0 Å². The van der Waals surface area contributed by atoms with Crippen molar-refractivity contribution in [2.24, 2.45) is 0 Å². The third-order valence-corrected chi connectivity index (χ3v) is 4.54. The van der Waals surface area contributed by atoms with Crippen molar-refractivity contribution in [3.63, 3.8) is 0 Å². The first-order valence-corrected chi connectivity index (χ1v) is 9.84. The Morgan fingerprint density at radius 2 is 1.10 bits per heavy atom. The van der Waals surface area contributed by atoms with Crippen LogP contribution in [0.4, 0.5) is 0 Å². The number of carbonyl (C=O) groups excluding carboxylic acids is 2. The average Bonchev–Trinajstić information content (AvgIpc) is 2.79. The highest BCUT2D eigenvalue weighted by Gasteiger charge is 2.26. The van der Waals surface area contributed by atoms with Gasteiger partial charge >= 0.3 is 0 Å². The number of benzene rings is 3. The number of unbranched alkanes of at least 4 members (excludes halogenated alkanes) is 1. The first-order chi connectivity index (χ1) is 14.2. The van der Waals surface area contributed by atoms with E-state index in [2.05, 4.69) is 6.92 Å². The summed E-state index contributed by atoms with van der Waals surface area (Å²) >= 11 is 0. The summed E-state index contributed by atoms with van der Waals surface area (Å²) in [6.45, 7) is 2.43. The van der Waals surface area contributed by atoms with Gasteiger partial charge in [-0.3, -0.25) is 9.59 Å². The summed E-state index contributed by atoms with van der Waals surface area (Å²) in [7, 11) is 0. The largest absolute Gasteiger partial charge is 0.489 e. The number of rotatable bonds is 9. The van der Waals surface area contributed by atoms with Crippen molar-refractivity contribution in [2.75, 3.05) is 6.61 Å². The molecule has 0 fully saturated rings. The Bertz CT molecular complexity index is 974. The lowest BCUT2D eigenvalue weighted by molar-refractivity contribution is 0.0906. The van der Waals surface area contributed by atoms with E-state index in [-0.39, 0.29) is 17.3 Å². The second-order valence-electron chi connectivity index (χ2n) is 6.66. The Balaban J connectivity index is 2.18. The van der Waals surface area contributed by atoms with Crippen LogP contribution in [0.3, 0.4) is 0 Å². The first kappa shape index (κ1) is 20.3. The van der Waals surface area contributed by atoms with Gasteiger partial charge in [0.1, 0.15) is 0 Å². The van der Waals surface area contributed by atoms with Crippen molar-refractivity contribution in [1.29, 1.82) is 0 Å². The predicted octanol–water partition coefficient (Wildman–Crippen LogP) is 5.98. The number of allylic oxidation sites excluding steroid dienone is 2. The summed E-state index contributed by atoms with van der Waals surface area (Å²) in [4.78, 5) is 26.8. The van der Waals surface area contributed by atoms with E-state index in [1.54, 1.807) is 36.4 Å². The highest BCUT2D eigenvalue weighted by molar-refractivity contribution is 6.34. The van der Waals surface area contributed by atoms with Crippen LogP contribution in [-0.4, -0.2) is 18.2 Å². The molecule has 0 radical (unpaired) electrons. The van der Waals surface area contributed by atoms with Crippen molar-refractivity contribution in [3.8, 4) is 0 Å². The van der Waals surface area contributed by atoms with Crippen LogP contribution in [0.2, 0.25) is 0 Å². The van der Waals surface area contributed by atoms with Gasteiger partial charge in [0.25, 0.3) is 0 Å². The van der Waals surface area contributed by atoms with Crippen LogP contribution in [0.1, 0.15) is 46.0 Å². The second-order valence-corrected chi connectivity index (χ2v) is 6.66. The maximum Gasteiger partial charge on any atom is 0.228 e. The Kier molecular flexibility index (Phi) is 7.12. The Labute approximate surface area is 171 Å². The van der Waals surface area contributed by atoms with Crippen LogP contribution < -0.4 is 0 Å². The number of hydrogen-bond acceptors (Lipinski definition) is 3. The third-order valence-electron chi connectivity index (χ3n) is 4.54. The molecule has 3 rings (SSSR count). The Morgan fingerprint density at radius 1 is 0.655 bits per heavy atom. The van der Waals surface area contributed by atoms with E-state index < -0.39 is 0 Å². The molecule has 29 heavy (non-hydrogen) atoms. The maximum atomic E-state index is 13.5. The van der Waals surface area contributed by atoms with Crippen LogP contribution in [0.5, 0.6) is 0 Å². The molecular formula is C26H24O3. The van der Waals surface area contributed by atoms with Crippen LogP contribution in [0.25, 0.3) is 5.57 Å². The Morgan fingerprint density at radius 3 is 1.59 bits per heavy atom. The average molecular weight is 384 g/mol. The molecule has 3 aromatic carbocycles. The maximum absolute atomic E-state index is 13.5. The Hall–Kier alpha value is -3.46. The molecule has 0 aliphatic heterocycles. The van der Waals surface area contributed by atoms with Gasteiger partial charge in [0, 0.05) is 11.1 Å². The zero-order chi connectivity index (χ0) is 20.5. The number of ether oxygens (including phenoxy) is 1. The minimum Gasteiger partial charge on any atom is -0.489 e. The van der Waals surface area contributed by atoms with E-state index in [1.165, 1.54) is 0 Å². The summed E-state index contributed by atoms with van der Waals surface area (Å²) in [5.41, 5.74) is 1.97. The van der Waals surface area contributed by atoms with Crippen molar-refractivity contribution in [3.05, 3.63) is 113 Å². The van der Waals surface area contributed by atoms with E-state index in [9.17, 15) is 9.59 Å². The highest BCUT2D eigenvalue weighted by atomic mass is 16.5. The fraction of sp³-hybridized carbons (Fsp3) is 0.154. The first-order valence-electron chi connectivity index (χ1n) is 9.84. The zero-order valence-corrected chi connectivity index (χ0v) is 16.5. The molecule has 0 bridgehead atoms. The van der Waals surface area contributed by atoms with E-state index >= 15 is 0 Å². The lowest BCUT2D eigenvalue weighted by atomic mass is 9.93. The fourth-order valence-electron chi connectivity index (χ4n) is 2.99. The molecule has 0 atom stereocenters. The molecule has 0 N–H and O–H groups in total. The number of hydrogen-bond donors (Lipinski definition) is 0. The van der Waals surface area contributed by atoms with Crippen LogP contribution in [0, 0.1) is 0 Å². The van der Waals surface area contributed by atoms with Gasteiger partial charge < -0.3 is 4.74 Å². The molecule has 3 aromatic rings. The minimum atomic E-state index is -0.287. The third kappa shape index (κ3) is 5.08. The van der Waals surface area contributed by atoms with Gasteiger partial charge in [0.05, 0.1) is 12.2 Å². The topological polar surface area (TPSA) is 43.4 Å². The summed E-state index contributed by atoms with van der Waals surface area (Å²) in [5.74, 6) is -0.415. The molecular weight excluding hydrogens is 360 g/mol. The molecule has 3 heteroatoms. The highest BCUT2D eigenvalue weighted by Crippen LogP contribution is 2.27. The lowest BCUT2D eigenvalue weighted by Crippen LogP contribution is -2.15. The monoisotopic (exact) mass is 384 g/mol. The molecule has 0 saturated heterocycles. The summed E-state index contributed by atoms with van der Waals surface area (Å²) in [5, 5.41) is 0. The normalized spacial score (nSPS) is 11.5. The van der Waals surface area contributed by atoms with Crippen LogP contribution in [0.15, 0.2) is 96.8 Å². The standard InChI is InChI=1S/C26H24O3/c1-2-3-19-29-26(25(28)22-17-11-6-12-18-22)23(20-13-7-4-8-14-20)24(27)21-15-9-5-10-16-21/h4-18H,2-3,19H2,1H3/b26-23+.